The highest BCUT2D eigenvalue weighted by molar-refractivity contribution is 6.23. The lowest BCUT2D eigenvalue weighted by Gasteiger charge is -2.22. The number of rotatable bonds is 8. The fourth-order valence-corrected chi connectivity index (χ4v) is 5.95. The molecule has 0 amide bonds. The summed E-state index contributed by atoms with van der Waals surface area (Å²) in [6.45, 7) is 0. The molecule has 0 aliphatic rings. The van der Waals surface area contributed by atoms with Crippen LogP contribution in [0.25, 0.3) is 43.8 Å². The highest BCUT2D eigenvalue weighted by atomic mass is 16.5. The third kappa shape index (κ3) is 5.08. The minimum atomic E-state index is -1.11. The first-order valence-corrected chi connectivity index (χ1v) is 14.6. The number of fused-ring (bicyclic) bond motifs is 2. The highest BCUT2D eigenvalue weighted by Crippen LogP contribution is 2.49. The number of carboxylic acid groups (broad SMARTS) is 2. The van der Waals surface area contributed by atoms with Crippen molar-refractivity contribution in [1.29, 1.82) is 0 Å². The Morgan fingerprint density at radius 3 is 1.04 bits per heavy atom. The molecule has 7 rings (SSSR count). The summed E-state index contributed by atoms with van der Waals surface area (Å²) in [5.74, 6) is -0.736. The van der Waals surface area contributed by atoms with E-state index >= 15 is 0 Å². The van der Waals surface area contributed by atoms with Gasteiger partial charge in [-0.25, -0.2) is 9.59 Å². The van der Waals surface area contributed by atoms with E-state index in [1.165, 1.54) is 12.1 Å². The van der Waals surface area contributed by atoms with E-state index in [1.54, 1.807) is 36.4 Å². The molecule has 0 aliphatic carbocycles. The Morgan fingerprint density at radius 2 is 0.717 bits per heavy atom. The predicted octanol–water partition coefficient (Wildman–Crippen LogP) is 10.3. The van der Waals surface area contributed by atoms with Crippen LogP contribution in [0.5, 0.6) is 23.0 Å². The first-order chi connectivity index (χ1) is 22.5. The standard InChI is InChI=1S/C40H26O6/c41-39(42)33-23-11-21-31(37(33)45-25-13-3-1-4-14-25)35-27-17-7-9-19-29(27)36(30-20-10-8-18-28(30)35)32-22-12-24-34(40(43)44)38(32)46-26-15-5-2-6-16-26/h1-24H,(H,41,42)(H,43,44). The third-order valence-corrected chi connectivity index (χ3v) is 7.89. The minimum absolute atomic E-state index is 0.0336. The number of hydrogen-bond acceptors (Lipinski definition) is 4. The molecule has 0 saturated carbocycles. The van der Waals surface area contributed by atoms with Crippen molar-refractivity contribution in [2.75, 3.05) is 0 Å². The van der Waals surface area contributed by atoms with E-state index in [2.05, 4.69) is 0 Å². The van der Waals surface area contributed by atoms with E-state index < -0.39 is 11.9 Å². The van der Waals surface area contributed by atoms with Crippen LogP contribution in [0.1, 0.15) is 20.7 Å². The number of hydrogen-bond donors (Lipinski definition) is 2. The van der Waals surface area contributed by atoms with Gasteiger partial charge in [0, 0.05) is 22.3 Å². The van der Waals surface area contributed by atoms with Crippen LogP contribution < -0.4 is 9.47 Å². The summed E-state index contributed by atoms with van der Waals surface area (Å²) in [5, 5.41) is 23.8. The molecule has 0 fully saturated rings. The molecule has 0 aliphatic heterocycles. The van der Waals surface area contributed by atoms with E-state index in [0.717, 1.165) is 32.7 Å². The van der Waals surface area contributed by atoms with Gasteiger partial charge in [0.1, 0.15) is 34.1 Å². The number of aromatic carboxylic acids is 2. The van der Waals surface area contributed by atoms with Crippen molar-refractivity contribution < 1.29 is 29.3 Å². The van der Waals surface area contributed by atoms with Crippen LogP contribution in [-0.4, -0.2) is 22.2 Å². The number of carbonyl (C=O) groups is 2. The Balaban J connectivity index is 1.57. The predicted molar refractivity (Wildman–Crippen MR) is 179 cm³/mol. The molecule has 0 heterocycles. The molecule has 7 aromatic carbocycles. The average Bonchev–Trinajstić information content (AvgIpc) is 3.08. The molecule has 0 bridgehead atoms. The van der Waals surface area contributed by atoms with Crippen molar-refractivity contribution in [3.63, 3.8) is 0 Å². The van der Waals surface area contributed by atoms with Crippen molar-refractivity contribution in [2.45, 2.75) is 0 Å². The lowest BCUT2D eigenvalue weighted by atomic mass is 9.84. The average molecular weight is 603 g/mol. The lowest BCUT2D eigenvalue weighted by molar-refractivity contribution is 0.0683. The van der Waals surface area contributed by atoms with Crippen molar-refractivity contribution >= 4 is 33.5 Å². The molecule has 222 valence electrons. The Hall–Kier alpha value is -6.40. The van der Waals surface area contributed by atoms with Gasteiger partial charge >= 0.3 is 11.9 Å². The van der Waals surface area contributed by atoms with Crippen LogP contribution in [-0.2, 0) is 0 Å². The monoisotopic (exact) mass is 602 g/mol. The maximum Gasteiger partial charge on any atom is 0.339 e. The number of para-hydroxylation sites is 4. The summed E-state index contributed by atoms with van der Waals surface area (Å²) >= 11 is 0. The summed E-state index contributed by atoms with van der Waals surface area (Å²) in [6.07, 6.45) is 0. The van der Waals surface area contributed by atoms with Gasteiger partial charge < -0.3 is 19.7 Å². The SMILES string of the molecule is O=C(O)c1cccc(-c2c3ccccc3c(-c3cccc(C(=O)O)c3Oc3ccccc3)c3ccccc23)c1Oc1ccccc1. The molecule has 0 radical (unpaired) electrons. The van der Waals surface area contributed by atoms with Crippen molar-refractivity contribution in [3.8, 4) is 45.3 Å². The molecule has 0 atom stereocenters. The van der Waals surface area contributed by atoms with Gasteiger partial charge in [-0.15, -0.1) is 0 Å². The molecule has 2 N–H and O–H groups in total. The van der Waals surface area contributed by atoms with Gasteiger partial charge in [-0.3, -0.25) is 0 Å². The second-order valence-electron chi connectivity index (χ2n) is 10.6. The second kappa shape index (κ2) is 11.9. The topological polar surface area (TPSA) is 93.1 Å². The van der Waals surface area contributed by atoms with Gasteiger partial charge in [-0.05, 0) is 57.9 Å². The van der Waals surface area contributed by atoms with E-state index in [1.807, 2.05) is 97.1 Å². The minimum Gasteiger partial charge on any atom is -0.478 e. The van der Waals surface area contributed by atoms with Crippen LogP contribution in [0, 0.1) is 0 Å². The summed E-state index contributed by atoms with van der Waals surface area (Å²) < 4.78 is 12.7. The fourth-order valence-electron chi connectivity index (χ4n) is 5.95. The fraction of sp³-hybridized carbons (Fsp3) is 0. The van der Waals surface area contributed by atoms with Gasteiger partial charge in [0.2, 0.25) is 0 Å². The zero-order valence-electron chi connectivity index (χ0n) is 24.4. The molecular formula is C40H26O6. The van der Waals surface area contributed by atoms with Crippen molar-refractivity contribution in [3.05, 3.63) is 157 Å². The zero-order chi connectivity index (χ0) is 31.6. The molecular weight excluding hydrogens is 576 g/mol. The van der Waals surface area contributed by atoms with Gasteiger partial charge in [0.25, 0.3) is 0 Å². The normalized spacial score (nSPS) is 11.0. The lowest BCUT2D eigenvalue weighted by Crippen LogP contribution is -2.03. The smallest absolute Gasteiger partial charge is 0.339 e. The van der Waals surface area contributed by atoms with E-state index in [-0.39, 0.29) is 22.6 Å². The van der Waals surface area contributed by atoms with Crippen molar-refractivity contribution in [1.82, 2.24) is 0 Å². The molecule has 0 aromatic heterocycles. The second-order valence-corrected chi connectivity index (χ2v) is 10.6. The molecule has 0 spiro atoms. The Bertz CT molecular complexity index is 2040. The molecule has 7 aromatic rings. The zero-order valence-corrected chi connectivity index (χ0v) is 24.4. The number of ether oxygens (including phenoxy) is 2. The summed E-state index contributed by atoms with van der Waals surface area (Å²) in [5.41, 5.74) is 2.89. The van der Waals surface area contributed by atoms with Crippen LogP contribution >= 0.6 is 0 Å². The van der Waals surface area contributed by atoms with E-state index in [0.29, 0.717) is 22.6 Å². The third-order valence-electron chi connectivity index (χ3n) is 7.89. The molecule has 0 saturated heterocycles. The van der Waals surface area contributed by atoms with E-state index in [4.69, 9.17) is 9.47 Å². The van der Waals surface area contributed by atoms with Crippen molar-refractivity contribution in [2.24, 2.45) is 0 Å². The van der Waals surface area contributed by atoms with Gasteiger partial charge in [-0.1, -0.05) is 109 Å². The van der Waals surface area contributed by atoms with Crippen LogP contribution in [0.4, 0.5) is 0 Å². The first kappa shape index (κ1) is 28.4. The Kier molecular flexibility index (Phi) is 7.37. The van der Waals surface area contributed by atoms with Crippen LogP contribution in [0.2, 0.25) is 0 Å². The maximum absolute atomic E-state index is 12.5. The van der Waals surface area contributed by atoms with Gasteiger partial charge in [-0.2, -0.15) is 0 Å². The van der Waals surface area contributed by atoms with Gasteiger partial charge in [0.15, 0.2) is 0 Å². The highest BCUT2D eigenvalue weighted by Gasteiger charge is 2.25. The van der Waals surface area contributed by atoms with E-state index in [9.17, 15) is 19.8 Å². The van der Waals surface area contributed by atoms with Gasteiger partial charge in [0.05, 0.1) is 0 Å². The summed E-state index contributed by atoms with van der Waals surface area (Å²) in [4.78, 5) is 25.0. The first-order valence-electron chi connectivity index (χ1n) is 14.6. The quantitative estimate of drug-likeness (QED) is 0.168. The Morgan fingerprint density at radius 1 is 0.391 bits per heavy atom. The molecule has 6 heteroatoms. The van der Waals surface area contributed by atoms with Crippen LogP contribution in [0.15, 0.2) is 146 Å². The number of benzene rings is 7. The largest absolute Gasteiger partial charge is 0.478 e. The van der Waals surface area contributed by atoms with Crippen LogP contribution in [0.3, 0.4) is 0 Å². The maximum atomic E-state index is 12.5. The number of carboxylic acids is 2. The molecule has 46 heavy (non-hydrogen) atoms. The Labute approximate surface area is 264 Å². The molecule has 6 nitrogen and oxygen atoms in total. The summed E-state index contributed by atoms with van der Waals surface area (Å²) in [7, 11) is 0. The molecule has 0 unspecified atom stereocenters. The summed E-state index contributed by atoms with van der Waals surface area (Å²) in [6, 6.07) is 44.1.